The van der Waals surface area contributed by atoms with Crippen molar-refractivity contribution in [1.82, 2.24) is 9.97 Å². The molecular formula is C25H24F4N2O3S. The molecule has 1 atom stereocenters. The number of benzene rings is 1. The first-order valence-electron chi connectivity index (χ1n) is 11.3. The van der Waals surface area contributed by atoms with Crippen LogP contribution in [0.2, 0.25) is 0 Å². The van der Waals surface area contributed by atoms with Crippen LogP contribution in [0.1, 0.15) is 63.8 Å². The Morgan fingerprint density at radius 2 is 1.66 bits per heavy atom. The zero-order valence-corrected chi connectivity index (χ0v) is 19.5. The molecule has 0 spiro atoms. The third kappa shape index (κ3) is 6.56. The van der Waals surface area contributed by atoms with Crippen molar-refractivity contribution in [2.45, 2.75) is 57.7 Å². The van der Waals surface area contributed by atoms with E-state index in [2.05, 4.69) is 19.4 Å². The molecule has 1 fully saturated rings. The first-order chi connectivity index (χ1) is 16.9. The molecule has 3 aromatic rings. The highest BCUT2D eigenvalue weighted by atomic mass is 32.1. The summed E-state index contributed by atoms with van der Waals surface area (Å²) in [5.74, 6) is -1.34. The Labute approximate surface area is 204 Å². The molecule has 0 amide bonds. The van der Waals surface area contributed by atoms with Crippen molar-refractivity contribution < 1.29 is 31.8 Å². The first-order valence-corrected chi connectivity index (χ1v) is 12.1. The summed E-state index contributed by atoms with van der Waals surface area (Å²) < 4.78 is 60.3. The second-order valence-corrected chi connectivity index (χ2v) is 9.40. The average Bonchev–Trinajstić information content (AvgIpc) is 3.34. The van der Waals surface area contributed by atoms with E-state index in [4.69, 9.17) is 0 Å². The third-order valence-electron chi connectivity index (χ3n) is 6.03. The Hall–Kier alpha value is -3.01. The predicted octanol–water partition coefficient (Wildman–Crippen LogP) is 6.88. The topological polar surface area (TPSA) is 61.3 Å². The zero-order chi connectivity index (χ0) is 24.8. The SMILES string of the molecule is O=C(c1cnc(C(Cc2ccncc2)c2ccc(OC(F)F)c(OC(F)F)c2)s1)C1CCCCC1. The number of pyridine rings is 1. The summed E-state index contributed by atoms with van der Waals surface area (Å²) in [5.41, 5.74) is 1.43. The molecular weight excluding hydrogens is 484 g/mol. The van der Waals surface area contributed by atoms with E-state index in [-0.39, 0.29) is 11.7 Å². The fourth-order valence-electron chi connectivity index (χ4n) is 4.35. The number of thiazole rings is 1. The first kappa shape index (κ1) is 25.1. The molecule has 0 aliphatic heterocycles. The van der Waals surface area contributed by atoms with Crippen molar-refractivity contribution >= 4 is 17.1 Å². The minimum atomic E-state index is -3.22. The highest BCUT2D eigenvalue weighted by molar-refractivity contribution is 7.13. The Morgan fingerprint density at radius 3 is 2.34 bits per heavy atom. The number of halogens is 4. The summed E-state index contributed by atoms with van der Waals surface area (Å²) in [6.07, 6.45) is 10.2. The maximum absolute atomic E-state index is 13.0. The van der Waals surface area contributed by atoms with Gasteiger partial charge in [-0.3, -0.25) is 9.78 Å². The highest BCUT2D eigenvalue weighted by Gasteiger charge is 2.27. The van der Waals surface area contributed by atoms with E-state index in [1.165, 1.54) is 29.5 Å². The van der Waals surface area contributed by atoms with Crippen LogP contribution in [-0.4, -0.2) is 29.0 Å². The lowest BCUT2D eigenvalue weighted by molar-refractivity contribution is -0.0692. The normalized spacial score (nSPS) is 15.4. The van der Waals surface area contributed by atoms with Gasteiger partial charge in [-0.15, -0.1) is 11.3 Å². The van der Waals surface area contributed by atoms with Gasteiger partial charge in [0.25, 0.3) is 0 Å². The van der Waals surface area contributed by atoms with Crippen molar-refractivity contribution in [2.24, 2.45) is 5.92 Å². The van der Waals surface area contributed by atoms with Gasteiger partial charge in [0.1, 0.15) is 5.01 Å². The molecule has 0 N–H and O–H groups in total. The molecule has 35 heavy (non-hydrogen) atoms. The Bertz CT molecular complexity index is 1120. The van der Waals surface area contributed by atoms with Gasteiger partial charge in [-0.2, -0.15) is 17.6 Å². The summed E-state index contributed by atoms with van der Waals surface area (Å²) in [4.78, 5) is 22.1. The van der Waals surface area contributed by atoms with E-state index < -0.39 is 30.6 Å². The van der Waals surface area contributed by atoms with Crippen LogP contribution in [0.5, 0.6) is 11.5 Å². The molecule has 1 aliphatic carbocycles. The lowest BCUT2D eigenvalue weighted by atomic mass is 9.86. The van der Waals surface area contributed by atoms with Crippen LogP contribution in [0.3, 0.4) is 0 Å². The minimum absolute atomic E-state index is 0.00692. The zero-order valence-electron chi connectivity index (χ0n) is 18.7. The number of hydrogen-bond acceptors (Lipinski definition) is 6. The molecule has 0 saturated heterocycles. The van der Waals surface area contributed by atoms with Gasteiger partial charge in [0, 0.05) is 30.4 Å². The van der Waals surface area contributed by atoms with Crippen LogP contribution in [0, 0.1) is 5.92 Å². The number of nitrogens with zero attached hydrogens (tertiary/aromatic N) is 2. The van der Waals surface area contributed by atoms with Crippen LogP contribution in [-0.2, 0) is 6.42 Å². The fourth-order valence-corrected chi connectivity index (χ4v) is 5.42. The summed E-state index contributed by atoms with van der Waals surface area (Å²) in [7, 11) is 0. The molecule has 2 heterocycles. The predicted molar refractivity (Wildman–Crippen MR) is 123 cm³/mol. The van der Waals surface area contributed by atoms with Gasteiger partial charge < -0.3 is 9.47 Å². The number of alkyl halides is 4. The second kappa shape index (κ2) is 11.6. The molecule has 0 radical (unpaired) electrons. The lowest BCUT2D eigenvalue weighted by Crippen LogP contribution is -2.16. The molecule has 1 saturated carbocycles. The van der Waals surface area contributed by atoms with E-state index >= 15 is 0 Å². The van der Waals surface area contributed by atoms with Gasteiger partial charge in [-0.1, -0.05) is 25.3 Å². The smallest absolute Gasteiger partial charge is 0.387 e. The highest BCUT2D eigenvalue weighted by Crippen LogP contribution is 2.39. The van der Waals surface area contributed by atoms with Crippen molar-refractivity contribution in [3.8, 4) is 11.5 Å². The van der Waals surface area contributed by atoms with Gasteiger partial charge in [0.2, 0.25) is 0 Å². The van der Waals surface area contributed by atoms with E-state index in [0.29, 0.717) is 21.9 Å². The van der Waals surface area contributed by atoms with Crippen LogP contribution >= 0.6 is 11.3 Å². The number of ketones is 1. The summed E-state index contributed by atoms with van der Waals surface area (Å²) in [6.45, 7) is -6.41. The summed E-state index contributed by atoms with van der Waals surface area (Å²) >= 11 is 1.27. The fraction of sp³-hybridized carbons (Fsp3) is 0.400. The molecule has 10 heteroatoms. The van der Waals surface area contributed by atoms with E-state index in [0.717, 1.165) is 37.7 Å². The van der Waals surface area contributed by atoms with E-state index in [1.807, 2.05) is 12.1 Å². The number of ether oxygens (including phenoxy) is 2. The molecule has 4 rings (SSSR count). The van der Waals surface area contributed by atoms with Gasteiger partial charge in [-0.05, 0) is 54.7 Å². The number of carbonyl (C=O) groups excluding carboxylic acids is 1. The third-order valence-corrected chi connectivity index (χ3v) is 7.16. The van der Waals surface area contributed by atoms with Gasteiger partial charge in [0.15, 0.2) is 17.3 Å². The number of hydrogen-bond donors (Lipinski definition) is 0. The van der Waals surface area contributed by atoms with Gasteiger partial charge >= 0.3 is 13.2 Å². The monoisotopic (exact) mass is 508 g/mol. The molecule has 1 aliphatic rings. The quantitative estimate of drug-likeness (QED) is 0.221. The van der Waals surface area contributed by atoms with Crippen molar-refractivity contribution in [3.05, 3.63) is 69.9 Å². The molecule has 0 bridgehead atoms. The largest absolute Gasteiger partial charge is 0.431 e. The Morgan fingerprint density at radius 1 is 0.971 bits per heavy atom. The van der Waals surface area contributed by atoms with Crippen molar-refractivity contribution in [1.29, 1.82) is 0 Å². The minimum Gasteiger partial charge on any atom is -0.431 e. The van der Waals surface area contributed by atoms with Crippen LogP contribution in [0.15, 0.2) is 48.9 Å². The Balaban J connectivity index is 1.68. The second-order valence-electron chi connectivity index (χ2n) is 8.34. The maximum atomic E-state index is 13.0. The number of carbonyl (C=O) groups is 1. The van der Waals surface area contributed by atoms with Crippen LogP contribution in [0.4, 0.5) is 17.6 Å². The average molecular weight is 509 g/mol. The summed E-state index contributed by atoms with van der Waals surface area (Å²) in [5, 5.41) is 0.617. The lowest BCUT2D eigenvalue weighted by Gasteiger charge is -2.19. The van der Waals surface area contributed by atoms with Crippen LogP contribution in [0.25, 0.3) is 0 Å². The molecule has 5 nitrogen and oxygen atoms in total. The number of rotatable bonds is 10. The molecule has 1 unspecified atom stereocenters. The van der Waals surface area contributed by atoms with Crippen molar-refractivity contribution in [2.75, 3.05) is 0 Å². The number of aromatic nitrogens is 2. The van der Waals surface area contributed by atoms with Crippen LogP contribution < -0.4 is 9.47 Å². The van der Waals surface area contributed by atoms with E-state index in [9.17, 15) is 22.4 Å². The molecule has 2 aromatic heterocycles. The number of Topliss-reactive ketones (excluding diaryl/α,β-unsaturated/α-hetero) is 1. The van der Waals surface area contributed by atoms with Gasteiger partial charge in [0.05, 0.1) is 4.88 Å². The van der Waals surface area contributed by atoms with Crippen molar-refractivity contribution in [3.63, 3.8) is 0 Å². The summed E-state index contributed by atoms with van der Waals surface area (Å²) in [6, 6.07) is 7.60. The molecule has 186 valence electrons. The standard InChI is InChI=1S/C25H24F4N2O3S/c26-24(27)33-19-7-6-17(13-20(19)34-25(28)29)18(12-15-8-10-30-11-9-15)23-31-14-21(35-23)22(32)16-4-2-1-3-5-16/h6-11,13-14,16,18,24-25H,1-5,12H2. The Kier molecular flexibility index (Phi) is 8.33. The van der Waals surface area contributed by atoms with E-state index in [1.54, 1.807) is 18.6 Å². The molecule has 1 aromatic carbocycles. The maximum Gasteiger partial charge on any atom is 0.387 e. The van der Waals surface area contributed by atoms with Gasteiger partial charge in [-0.25, -0.2) is 4.98 Å².